The third-order valence-corrected chi connectivity index (χ3v) is 8.00. The highest BCUT2D eigenvalue weighted by Crippen LogP contribution is 2.28. The van der Waals surface area contributed by atoms with Crippen molar-refractivity contribution >= 4 is 17.1 Å². The van der Waals surface area contributed by atoms with Crippen LogP contribution in [0.15, 0.2) is 47.4 Å². The lowest BCUT2D eigenvalue weighted by Gasteiger charge is -2.39. The standard InChI is InChI=1S/C27H39N3O4S/c1-4-5-17-35(33)24-11-9-23(10-12-24)34-19-22(31)18-29-13-15-30(16-14-29)26(27(28)32)25-20(2)7-6-8-21(25)3/h6-12,22,26,31H,4-5,13-19H2,1-3H3,(H2,28,32). The molecule has 3 N–H and O–H groups in total. The Balaban J connectivity index is 1.47. The molecule has 0 saturated carbocycles. The first-order valence-corrected chi connectivity index (χ1v) is 13.7. The van der Waals surface area contributed by atoms with Crippen LogP contribution in [0.4, 0.5) is 0 Å². The van der Waals surface area contributed by atoms with Crippen LogP contribution < -0.4 is 10.5 Å². The summed E-state index contributed by atoms with van der Waals surface area (Å²) in [5.74, 6) is 1.00. The molecule has 1 aliphatic heterocycles. The Labute approximate surface area is 212 Å². The van der Waals surface area contributed by atoms with Crippen molar-refractivity contribution in [2.75, 3.05) is 45.1 Å². The Morgan fingerprint density at radius 3 is 2.31 bits per heavy atom. The number of aryl methyl sites for hydroxylation is 2. The van der Waals surface area contributed by atoms with Crippen LogP contribution in [-0.4, -0.2) is 76.6 Å². The van der Waals surface area contributed by atoms with Gasteiger partial charge in [0.1, 0.15) is 30.3 Å². The second-order valence-corrected chi connectivity index (χ2v) is 10.9. The van der Waals surface area contributed by atoms with Gasteiger partial charge in [0, 0.05) is 32.7 Å². The van der Waals surface area contributed by atoms with Crippen molar-refractivity contribution in [1.82, 2.24) is 9.80 Å². The van der Waals surface area contributed by atoms with Crippen LogP contribution in [0.3, 0.4) is 0 Å². The third kappa shape index (κ3) is 7.69. The number of carbonyl (C=O) groups excluding carboxylic acids is 1. The van der Waals surface area contributed by atoms with Gasteiger partial charge in [0.15, 0.2) is 4.90 Å². The maximum atomic E-state index is 12.4. The van der Waals surface area contributed by atoms with Gasteiger partial charge >= 0.3 is 0 Å². The van der Waals surface area contributed by atoms with Gasteiger partial charge in [0.05, 0.1) is 0 Å². The molecule has 192 valence electrons. The van der Waals surface area contributed by atoms with E-state index in [-0.39, 0.29) is 12.5 Å². The van der Waals surface area contributed by atoms with Crippen molar-refractivity contribution in [3.8, 4) is 5.75 Å². The van der Waals surface area contributed by atoms with Crippen molar-refractivity contribution in [2.45, 2.75) is 50.7 Å². The fourth-order valence-electron chi connectivity index (χ4n) is 4.59. The van der Waals surface area contributed by atoms with Gasteiger partial charge in [-0.2, -0.15) is 0 Å². The van der Waals surface area contributed by atoms with Crippen LogP contribution in [0.5, 0.6) is 5.75 Å². The molecule has 1 saturated heterocycles. The van der Waals surface area contributed by atoms with E-state index in [0.29, 0.717) is 31.1 Å². The van der Waals surface area contributed by atoms with E-state index in [2.05, 4.69) is 16.7 Å². The zero-order chi connectivity index (χ0) is 25.4. The van der Waals surface area contributed by atoms with E-state index in [1.165, 1.54) is 0 Å². The minimum atomic E-state index is -0.978. The van der Waals surface area contributed by atoms with Crippen LogP contribution in [-0.2, 0) is 16.0 Å². The Morgan fingerprint density at radius 2 is 1.74 bits per heavy atom. The van der Waals surface area contributed by atoms with Gasteiger partial charge in [-0.1, -0.05) is 31.5 Å². The number of nitrogens with two attached hydrogens (primary N) is 1. The van der Waals surface area contributed by atoms with Crippen molar-refractivity contribution in [1.29, 1.82) is 0 Å². The summed E-state index contributed by atoms with van der Waals surface area (Å²) in [5.41, 5.74) is 8.98. The lowest BCUT2D eigenvalue weighted by molar-refractivity contribution is -0.124. The summed E-state index contributed by atoms with van der Waals surface area (Å²) in [7, 11) is 0. The largest absolute Gasteiger partial charge is 0.611 e. The molecule has 1 heterocycles. The quantitative estimate of drug-likeness (QED) is 0.434. The summed E-state index contributed by atoms with van der Waals surface area (Å²) < 4.78 is 18.0. The minimum absolute atomic E-state index is 0.185. The van der Waals surface area contributed by atoms with E-state index in [1.54, 1.807) is 0 Å². The zero-order valence-electron chi connectivity index (χ0n) is 21.1. The van der Waals surface area contributed by atoms with Gasteiger partial charge in [-0.25, -0.2) is 0 Å². The van der Waals surface area contributed by atoms with Crippen LogP contribution in [0.25, 0.3) is 0 Å². The lowest BCUT2D eigenvalue weighted by atomic mass is 9.94. The molecule has 1 aliphatic rings. The number of benzene rings is 2. The summed E-state index contributed by atoms with van der Waals surface area (Å²) in [4.78, 5) is 17.5. The number of aliphatic hydroxyl groups is 1. The highest BCUT2D eigenvalue weighted by molar-refractivity contribution is 7.91. The maximum absolute atomic E-state index is 12.4. The van der Waals surface area contributed by atoms with Gasteiger partial charge in [0.2, 0.25) is 5.91 Å². The lowest BCUT2D eigenvalue weighted by Crippen LogP contribution is -2.52. The van der Waals surface area contributed by atoms with Crippen molar-refractivity contribution in [3.05, 3.63) is 59.2 Å². The molecule has 1 amide bonds. The average molecular weight is 502 g/mol. The summed E-state index contributed by atoms with van der Waals surface area (Å²) in [6.45, 7) is 9.69. The number of rotatable bonds is 12. The number of primary amides is 1. The molecular formula is C27H39N3O4S. The molecule has 0 aliphatic carbocycles. The molecule has 0 radical (unpaired) electrons. The second kappa shape index (κ2) is 13.3. The predicted molar refractivity (Wildman–Crippen MR) is 140 cm³/mol. The summed E-state index contributed by atoms with van der Waals surface area (Å²) in [6.07, 6.45) is 1.34. The fraction of sp³-hybridized carbons (Fsp3) is 0.519. The topological polar surface area (TPSA) is 102 Å². The minimum Gasteiger partial charge on any atom is -0.611 e. The van der Waals surface area contributed by atoms with E-state index in [4.69, 9.17) is 10.5 Å². The molecule has 7 nitrogen and oxygen atoms in total. The Kier molecular flexibility index (Phi) is 10.4. The molecule has 8 heteroatoms. The van der Waals surface area contributed by atoms with Gasteiger partial charge in [-0.3, -0.25) is 14.6 Å². The number of piperazine rings is 1. The maximum Gasteiger partial charge on any atom is 0.239 e. The zero-order valence-corrected chi connectivity index (χ0v) is 21.9. The molecular weight excluding hydrogens is 462 g/mol. The number of β-amino-alcohol motifs (C(OH)–C–C–N with tert-alkyl or cyclic N) is 1. The molecule has 3 atom stereocenters. The number of hydrogen-bond donors (Lipinski definition) is 2. The van der Waals surface area contributed by atoms with E-state index < -0.39 is 23.3 Å². The number of amides is 1. The van der Waals surface area contributed by atoms with Crippen molar-refractivity contribution in [2.24, 2.45) is 5.73 Å². The Hall–Kier alpha value is -2.10. The molecule has 2 aromatic carbocycles. The number of ether oxygens (including phenoxy) is 1. The highest BCUT2D eigenvalue weighted by atomic mass is 32.2. The summed E-state index contributed by atoms with van der Waals surface area (Å²) in [6, 6.07) is 12.9. The number of nitrogens with zero attached hydrogens (tertiary/aromatic N) is 2. The molecule has 0 aromatic heterocycles. The van der Waals surface area contributed by atoms with E-state index in [1.807, 2.05) is 56.3 Å². The van der Waals surface area contributed by atoms with Crippen LogP contribution >= 0.6 is 0 Å². The number of carbonyl (C=O) groups is 1. The van der Waals surface area contributed by atoms with Gasteiger partial charge in [0.25, 0.3) is 0 Å². The molecule has 0 spiro atoms. The van der Waals surface area contributed by atoms with Crippen LogP contribution in [0, 0.1) is 13.8 Å². The SMILES string of the molecule is CCCC[S+]([O-])c1ccc(OCC(O)CN2CCN(C(C(N)=O)c3c(C)cccc3C)CC2)cc1. The van der Waals surface area contributed by atoms with E-state index >= 15 is 0 Å². The van der Waals surface area contributed by atoms with Crippen molar-refractivity contribution in [3.63, 3.8) is 0 Å². The second-order valence-electron chi connectivity index (χ2n) is 9.29. The predicted octanol–water partition coefficient (Wildman–Crippen LogP) is 2.80. The first-order chi connectivity index (χ1) is 16.8. The smallest absolute Gasteiger partial charge is 0.239 e. The van der Waals surface area contributed by atoms with Gasteiger partial charge in [-0.05, 0) is 72.4 Å². The third-order valence-electron chi connectivity index (χ3n) is 6.54. The van der Waals surface area contributed by atoms with Crippen LogP contribution in [0.1, 0.15) is 42.5 Å². The van der Waals surface area contributed by atoms with Crippen LogP contribution in [0.2, 0.25) is 0 Å². The molecule has 1 fully saturated rings. The summed E-state index contributed by atoms with van der Waals surface area (Å²) in [5, 5.41) is 10.5. The Morgan fingerprint density at radius 1 is 1.11 bits per heavy atom. The number of aliphatic hydroxyl groups excluding tert-OH is 1. The number of hydrogen-bond acceptors (Lipinski definition) is 6. The molecule has 2 aromatic rings. The van der Waals surface area contributed by atoms with Crippen molar-refractivity contribution < 1.29 is 19.2 Å². The highest BCUT2D eigenvalue weighted by Gasteiger charge is 2.31. The monoisotopic (exact) mass is 501 g/mol. The Bertz CT molecular complexity index is 928. The van der Waals surface area contributed by atoms with Gasteiger partial charge < -0.3 is 20.1 Å². The van der Waals surface area contributed by atoms with E-state index in [0.717, 1.165) is 47.5 Å². The first kappa shape index (κ1) is 27.5. The molecule has 35 heavy (non-hydrogen) atoms. The average Bonchev–Trinajstić information content (AvgIpc) is 2.84. The number of unbranched alkanes of at least 4 members (excludes halogenated alkanes) is 1. The summed E-state index contributed by atoms with van der Waals surface area (Å²) >= 11 is -0.978. The first-order valence-electron chi connectivity index (χ1n) is 12.4. The van der Waals surface area contributed by atoms with Gasteiger partial charge in [-0.15, -0.1) is 0 Å². The van der Waals surface area contributed by atoms with E-state index in [9.17, 15) is 14.5 Å². The molecule has 3 rings (SSSR count). The molecule has 3 unspecified atom stereocenters. The molecule has 0 bridgehead atoms. The fourth-order valence-corrected chi connectivity index (χ4v) is 5.82. The normalized spacial score (nSPS) is 17.6.